The molecule has 0 fully saturated rings. The molecule has 0 saturated carbocycles. The van der Waals surface area contributed by atoms with Gasteiger partial charge in [-0.3, -0.25) is 0 Å². The van der Waals surface area contributed by atoms with Gasteiger partial charge >= 0.3 is 0 Å². The van der Waals surface area contributed by atoms with E-state index in [1.165, 1.54) is 11.1 Å². The van der Waals surface area contributed by atoms with E-state index >= 15 is 0 Å². The summed E-state index contributed by atoms with van der Waals surface area (Å²) in [6.07, 6.45) is 0.725. The lowest BCUT2D eigenvalue weighted by atomic mass is 10.0. The third kappa shape index (κ3) is 2.39. The van der Waals surface area contributed by atoms with Crippen molar-refractivity contribution >= 4 is 0 Å². The molecule has 0 aliphatic rings. The first-order valence-electron chi connectivity index (χ1n) is 5.86. The number of aryl methyl sites for hydroxylation is 3. The van der Waals surface area contributed by atoms with Gasteiger partial charge in [-0.15, -0.1) is 0 Å². The molecule has 0 aliphatic heterocycles. The molecule has 0 amide bonds. The van der Waals surface area contributed by atoms with Gasteiger partial charge < -0.3 is 10.2 Å². The fourth-order valence-electron chi connectivity index (χ4n) is 1.88. The SMILES string of the molecule is Cc1nc(-c2ccc(C)c(C)c2)c(CCN)o1. The standard InChI is InChI=1S/C14H18N2O/c1-9-4-5-12(8-10(9)2)14-13(6-7-15)17-11(3)16-14/h4-5,8H,6-7,15H2,1-3H3. The number of hydrogen-bond acceptors (Lipinski definition) is 3. The Kier molecular flexibility index (Phi) is 3.29. The highest BCUT2D eigenvalue weighted by Crippen LogP contribution is 2.26. The lowest BCUT2D eigenvalue weighted by Gasteiger charge is -2.04. The number of rotatable bonds is 3. The second kappa shape index (κ2) is 4.72. The molecule has 17 heavy (non-hydrogen) atoms. The van der Waals surface area contributed by atoms with E-state index < -0.39 is 0 Å². The van der Waals surface area contributed by atoms with E-state index in [-0.39, 0.29) is 0 Å². The lowest BCUT2D eigenvalue weighted by molar-refractivity contribution is 0.476. The fraction of sp³-hybridized carbons (Fsp3) is 0.357. The second-order valence-corrected chi connectivity index (χ2v) is 4.34. The summed E-state index contributed by atoms with van der Waals surface area (Å²) in [5, 5.41) is 0. The Balaban J connectivity index is 2.47. The maximum absolute atomic E-state index is 5.59. The van der Waals surface area contributed by atoms with Gasteiger partial charge in [-0.1, -0.05) is 12.1 Å². The quantitative estimate of drug-likeness (QED) is 0.882. The van der Waals surface area contributed by atoms with Gasteiger partial charge in [0.1, 0.15) is 11.5 Å². The molecule has 2 aromatic rings. The van der Waals surface area contributed by atoms with Crippen molar-refractivity contribution in [2.75, 3.05) is 6.54 Å². The minimum atomic E-state index is 0.576. The van der Waals surface area contributed by atoms with Crippen molar-refractivity contribution in [1.82, 2.24) is 4.98 Å². The summed E-state index contributed by atoms with van der Waals surface area (Å²) >= 11 is 0. The molecule has 0 spiro atoms. The molecule has 1 aromatic carbocycles. The zero-order valence-electron chi connectivity index (χ0n) is 10.6. The van der Waals surface area contributed by atoms with E-state index in [0.29, 0.717) is 12.4 Å². The molecule has 2 rings (SSSR count). The van der Waals surface area contributed by atoms with Crippen molar-refractivity contribution in [2.45, 2.75) is 27.2 Å². The molecular weight excluding hydrogens is 212 g/mol. The van der Waals surface area contributed by atoms with Gasteiger partial charge in [0.15, 0.2) is 5.89 Å². The highest BCUT2D eigenvalue weighted by molar-refractivity contribution is 5.63. The molecule has 3 heteroatoms. The smallest absolute Gasteiger partial charge is 0.191 e. The first-order valence-corrected chi connectivity index (χ1v) is 5.86. The monoisotopic (exact) mass is 230 g/mol. The van der Waals surface area contributed by atoms with Gasteiger partial charge in [0, 0.05) is 18.9 Å². The first kappa shape index (κ1) is 11.9. The van der Waals surface area contributed by atoms with Crippen LogP contribution in [-0.2, 0) is 6.42 Å². The Labute approximate surface area is 102 Å². The van der Waals surface area contributed by atoms with Crippen LogP contribution in [0.1, 0.15) is 22.8 Å². The van der Waals surface area contributed by atoms with E-state index in [1.54, 1.807) is 0 Å². The van der Waals surface area contributed by atoms with Crippen molar-refractivity contribution in [3.05, 3.63) is 41.0 Å². The maximum Gasteiger partial charge on any atom is 0.191 e. The van der Waals surface area contributed by atoms with E-state index in [0.717, 1.165) is 23.4 Å². The van der Waals surface area contributed by atoms with Crippen LogP contribution in [0.5, 0.6) is 0 Å². The van der Waals surface area contributed by atoms with Crippen LogP contribution in [0, 0.1) is 20.8 Å². The van der Waals surface area contributed by atoms with Gasteiger partial charge in [0.05, 0.1) is 0 Å². The van der Waals surface area contributed by atoms with Crippen LogP contribution in [0.25, 0.3) is 11.3 Å². The van der Waals surface area contributed by atoms with E-state index in [2.05, 4.69) is 37.0 Å². The summed E-state index contributed by atoms with van der Waals surface area (Å²) in [5.41, 5.74) is 10.2. The lowest BCUT2D eigenvalue weighted by Crippen LogP contribution is -2.02. The molecular formula is C14H18N2O. The third-order valence-corrected chi connectivity index (χ3v) is 2.96. The highest BCUT2D eigenvalue weighted by atomic mass is 16.4. The van der Waals surface area contributed by atoms with E-state index in [1.807, 2.05) is 6.92 Å². The Hall–Kier alpha value is -1.61. The summed E-state index contributed by atoms with van der Waals surface area (Å²) in [6, 6.07) is 6.34. The molecule has 0 aliphatic carbocycles. The Morgan fingerprint density at radius 1 is 1.18 bits per heavy atom. The predicted octanol–water partition coefficient (Wildman–Crippen LogP) is 2.77. The van der Waals surface area contributed by atoms with E-state index in [4.69, 9.17) is 10.2 Å². The fourth-order valence-corrected chi connectivity index (χ4v) is 1.88. The second-order valence-electron chi connectivity index (χ2n) is 4.34. The van der Waals surface area contributed by atoms with Crippen LogP contribution >= 0.6 is 0 Å². The molecule has 1 heterocycles. The summed E-state index contributed by atoms with van der Waals surface area (Å²) in [4.78, 5) is 4.45. The number of nitrogens with zero attached hydrogens (tertiary/aromatic N) is 1. The molecule has 0 atom stereocenters. The van der Waals surface area contributed by atoms with Gasteiger partial charge in [0.25, 0.3) is 0 Å². The largest absolute Gasteiger partial charge is 0.445 e. The van der Waals surface area contributed by atoms with Crippen molar-refractivity contribution in [1.29, 1.82) is 0 Å². The molecule has 0 bridgehead atoms. The zero-order valence-corrected chi connectivity index (χ0v) is 10.6. The number of benzene rings is 1. The minimum Gasteiger partial charge on any atom is -0.445 e. The first-order chi connectivity index (χ1) is 8.11. The Morgan fingerprint density at radius 3 is 2.59 bits per heavy atom. The van der Waals surface area contributed by atoms with Crippen LogP contribution in [0.4, 0.5) is 0 Å². The average Bonchev–Trinajstić information content (AvgIpc) is 2.64. The van der Waals surface area contributed by atoms with E-state index in [9.17, 15) is 0 Å². The van der Waals surface area contributed by atoms with Gasteiger partial charge in [-0.25, -0.2) is 4.98 Å². The normalized spacial score (nSPS) is 10.8. The molecule has 2 N–H and O–H groups in total. The average molecular weight is 230 g/mol. The third-order valence-electron chi connectivity index (χ3n) is 2.96. The van der Waals surface area contributed by atoms with Gasteiger partial charge in [-0.2, -0.15) is 0 Å². The van der Waals surface area contributed by atoms with Crippen LogP contribution in [0.15, 0.2) is 22.6 Å². The molecule has 0 unspecified atom stereocenters. The predicted molar refractivity (Wildman–Crippen MR) is 68.9 cm³/mol. The molecule has 90 valence electrons. The van der Waals surface area contributed by atoms with Gasteiger partial charge in [-0.05, 0) is 37.6 Å². The number of aromatic nitrogens is 1. The van der Waals surface area contributed by atoms with Crippen LogP contribution < -0.4 is 5.73 Å². The highest BCUT2D eigenvalue weighted by Gasteiger charge is 2.12. The molecule has 3 nitrogen and oxygen atoms in total. The minimum absolute atomic E-state index is 0.576. The van der Waals surface area contributed by atoms with Crippen LogP contribution in [0.2, 0.25) is 0 Å². The van der Waals surface area contributed by atoms with Crippen molar-refractivity contribution in [3.8, 4) is 11.3 Å². The topological polar surface area (TPSA) is 52.0 Å². The molecule has 1 aromatic heterocycles. The Morgan fingerprint density at radius 2 is 1.94 bits per heavy atom. The maximum atomic E-state index is 5.59. The zero-order chi connectivity index (χ0) is 12.4. The number of oxazole rings is 1. The van der Waals surface area contributed by atoms with Crippen molar-refractivity contribution in [3.63, 3.8) is 0 Å². The number of hydrogen-bond donors (Lipinski definition) is 1. The van der Waals surface area contributed by atoms with Crippen molar-refractivity contribution in [2.24, 2.45) is 5.73 Å². The van der Waals surface area contributed by atoms with Crippen LogP contribution in [0.3, 0.4) is 0 Å². The molecule has 0 radical (unpaired) electrons. The summed E-state index contributed by atoms with van der Waals surface area (Å²) in [6.45, 7) is 6.65. The van der Waals surface area contributed by atoms with Crippen LogP contribution in [-0.4, -0.2) is 11.5 Å². The Bertz CT molecular complexity index is 529. The van der Waals surface area contributed by atoms with Crippen molar-refractivity contribution < 1.29 is 4.42 Å². The number of nitrogens with two attached hydrogens (primary N) is 1. The molecule has 0 saturated heterocycles. The summed E-state index contributed by atoms with van der Waals surface area (Å²) in [5.74, 6) is 1.58. The summed E-state index contributed by atoms with van der Waals surface area (Å²) < 4.78 is 5.59. The summed E-state index contributed by atoms with van der Waals surface area (Å²) in [7, 11) is 0. The van der Waals surface area contributed by atoms with Gasteiger partial charge in [0.2, 0.25) is 0 Å².